The molecule has 2 N–H and O–H groups in total. The third-order valence-corrected chi connectivity index (χ3v) is 5.20. The molecule has 21 heavy (non-hydrogen) atoms. The summed E-state index contributed by atoms with van der Waals surface area (Å²) in [6.45, 7) is 5.46. The zero-order valence-electron chi connectivity index (χ0n) is 12.7. The van der Waals surface area contributed by atoms with E-state index >= 15 is 0 Å². The number of anilines is 1. The van der Waals surface area contributed by atoms with Crippen LogP contribution in [0.1, 0.15) is 32.1 Å². The Morgan fingerprint density at radius 1 is 0.952 bits per heavy atom. The van der Waals surface area contributed by atoms with Crippen LogP contribution in [0.4, 0.5) is 5.69 Å². The third-order valence-electron chi connectivity index (χ3n) is 4.95. The lowest BCUT2D eigenvalue weighted by atomic mass is 9.82. The summed E-state index contributed by atoms with van der Waals surface area (Å²) < 4.78 is 0. The van der Waals surface area contributed by atoms with E-state index in [-0.39, 0.29) is 5.54 Å². The van der Waals surface area contributed by atoms with Crippen LogP contribution in [0, 0.1) is 0 Å². The van der Waals surface area contributed by atoms with Crippen molar-refractivity contribution in [1.29, 1.82) is 0 Å². The summed E-state index contributed by atoms with van der Waals surface area (Å²) in [5.74, 6) is 0. The predicted molar refractivity (Wildman–Crippen MR) is 90.1 cm³/mol. The Hall–Kier alpha value is -0.770. The van der Waals surface area contributed by atoms with Gasteiger partial charge in [0.15, 0.2) is 0 Å². The molecule has 1 heterocycles. The maximum atomic E-state index is 6.58. The van der Waals surface area contributed by atoms with Crippen molar-refractivity contribution in [3.8, 4) is 0 Å². The molecule has 0 aromatic heterocycles. The van der Waals surface area contributed by atoms with Crippen molar-refractivity contribution >= 4 is 17.3 Å². The standard InChI is InChI=1S/C17H26ClN3/c18-15-4-6-16(7-5-15)21-12-10-20(11-13-21)14-17(19)8-2-1-3-9-17/h4-7H,1-3,8-14,19H2. The first-order valence-corrected chi connectivity index (χ1v) is 8.54. The van der Waals surface area contributed by atoms with E-state index in [2.05, 4.69) is 21.9 Å². The van der Waals surface area contributed by atoms with E-state index in [4.69, 9.17) is 17.3 Å². The van der Waals surface area contributed by atoms with Crippen molar-refractivity contribution in [3.63, 3.8) is 0 Å². The molecule has 2 fully saturated rings. The van der Waals surface area contributed by atoms with Gasteiger partial charge in [-0.1, -0.05) is 30.9 Å². The van der Waals surface area contributed by atoms with E-state index in [0.29, 0.717) is 0 Å². The summed E-state index contributed by atoms with van der Waals surface area (Å²) in [6, 6.07) is 8.17. The van der Waals surface area contributed by atoms with Crippen LogP contribution in [-0.4, -0.2) is 43.2 Å². The lowest BCUT2D eigenvalue weighted by Gasteiger charge is -2.42. The number of hydrogen-bond donors (Lipinski definition) is 1. The fourth-order valence-corrected chi connectivity index (χ4v) is 3.80. The average molecular weight is 308 g/mol. The first-order chi connectivity index (χ1) is 10.1. The number of hydrogen-bond acceptors (Lipinski definition) is 3. The molecule has 3 rings (SSSR count). The second kappa shape index (κ2) is 6.55. The highest BCUT2D eigenvalue weighted by molar-refractivity contribution is 6.30. The molecule has 1 saturated heterocycles. The largest absolute Gasteiger partial charge is 0.369 e. The molecular formula is C17H26ClN3. The van der Waals surface area contributed by atoms with Gasteiger partial charge in [0.2, 0.25) is 0 Å². The molecule has 0 bridgehead atoms. The van der Waals surface area contributed by atoms with Crippen LogP contribution in [0.15, 0.2) is 24.3 Å². The van der Waals surface area contributed by atoms with E-state index in [1.54, 1.807) is 0 Å². The van der Waals surface area contributed by atoms with Gasteiger partial charge in [-0.25, -0.2) is 0 Å². The SMILES string of the molecule is NC1(CN2CCN(c3ccc(Cl)cc3)CC2)CCCCC1. The number of rotatable bonds is 3. The first kappa shape index (κ1) is 15.1. The minimum Gasteiger partial charge on any atom is -0.369 e. The molecule has 1 aliphatic carbocycles. The number of benzene rings is 1. The summed E-state index contributed by atoms with van der Waals surface area (Å²) in [6.07, 6.45) is 6.38. The van der Waals surface area contributed by atoms with Crippen LogP contribution in [0.25, 0.3) is 0 Å². The van der Waals surface area contributed by atoms with Crippen LogP contribution < -0.4 is 10.6 Å². The Labute approximate surface area is 133 Å². The van der Waals surface area contributed by atoms with Gasteiger partial charge in [-0.05, 0) is 37.1 Å². The minimum absolute atomic E-state index is 0.0701. The van der Waals surface area contributed by atoms with E-state index in [1.807, 2.05) is 12.1 Å². The molecule has 1 saturated carbocycles. The first-order valence-electron chi connectivity index (χ1n) is 8.16. The van der Waals surface area contributed by atoms with E-state index < -0.39 is 0 Å². The van der Waals surface area contributed by atoms with Gasteiger partial charge in [0.25, 0.3) is 0 Å². The van der Waals surface area contributed by atoms with Gasteiger partial charge in [-0.3, -0.25) is 4.90 Å². The highest BCUT2D eigenvalue weighted by Crippen LogP contribution is 2.27. The zero-order valence-corrected chi connectivity index (χ0v) is 13.5. The highest BCUT2D eigenvalue weighted by Gasteiger charge is 2.30. The van der Waals surface area contributed by atoms with Crippen molar-refractivity contribution in [2.24, 2.45) is 5.73 Å². The summed E-state index contributed by atoms with van der Waals surface area (Å²) in [4.78, 5) is 4.99. The van der Waals surface area contributed by atoms with Crippen molar-refractivity contribution in [2.45, 2.75) is 37.6 Å². The molecule has 4 heteroatoms. The molecule has 0 atom stereocenters. The van der Waals surface area contributed by atoms with Gasteiger partial charge >= 0.3 is 0 Å². The Morgan fingerprint density at radius 2 is 1.57 bits per heavy atom. The molecule has 1 aliphatic heterocycles. The van der Waals surface area contributed by atoms with Gasteiger partial charge < -0.3 is 10.6 Å². The Balaban J connectivity index is 1.51. The maximum absolute atomic E-state index is 6.58. The summed E-state index contributed by atoms with van der Waals surface area (Å²) >= 11 is 5.96. The van der Waals surface area contributed by atoms with E-state index in [1.165, 1.54) is 37.8 Å². The molecular weight excluding hydrogens is 282 g/mol. The van der Waals surface area contributed by atoms with Gasteiger partial charge in [-0.15, -0.1) is 0 Å². The number of nitrogens with two attached hydrogens (primary N) is 1. The second-order valence-corrected chi connectivity index (χ2v) is 7.10. The summed E-state index contributed by atoms with van der Waals surface area (Å²) in [5, 5.41) is 0.805. The van der Waals surface area contributed by atoms with Gasteiger partial charge in [0.1, 0.15) is 0 Å². The minimum atomic E-state index is 0.0701. The lowest BCUT2D eigenvalue weighted by Crippen LogP contribution is -2.56. The zero-order chi connectivity index (χ0) is 14.7. The molecule has 3 nitrogen and oxygen atoms in total. The van der Waals surface area contributed by atoms with Gasteiger partial charge in [0, 0.05) is 49.0 Å². The topological polar surface area (TPSA) is 32.5 Å². The second-order valence-electron chi connectivity index (χ2n) is 6.66. The molecule has 2 aliphatic rings. The highest BCUT2D eigenvalue weighted by atomic mass is 35.5. The smallest absolute Gasteiger partial charge is 0.0407 e. The molecule has 0 amide bonds. The number of piperazine rings is 1. The van der Waals surface area contributed by atoms with Crippen LogP contribution >= 0.6 is 11.6 Å². The Bertz CT molecular complexity index is 446. The molecule has 0 spiro atoms. The lowest BCUT2D eigenvalue weighted by molar-refractivity contribution is 0.165. The molecule has 116 valence electrons. The van der Waals surface area contributed by atoms with Crippen LogP contribution in [0.2, 0.25) is 5.02 Å². The van der Waals surface area contributed by atoms with Crippen LogP contribution in [0.5, 0.6) is 0 Å². The van der Waals surface area contributed by atoms with E-state index in [0.717, 1.165) is 37.7 Å². The quantitative estimate of drug-likeness (QED) is 0.931. The van der Waals surface area contributed by atoms with E-state index in [9.17, 15) is 0 Å². The summed E-state index contributed by atoms with van der Waals surface area (Å²) in [7, 11) is 0. The fraction of sp³-hybridized carbons (Fsp3) is 0.647. The number of halogens is 1. The summed E-state index contributed by atoms with van der Waals surface area (Å²) in [5.41, 5.74) is 7.93. The fourth-order valence-electron chi connectivity index (χ4n) is 3.68. The van der Waals surface area contributed by atoms with Crippen molar-refractivity contribution in [2.75, 3.05) is 37.6 Å². The Kier molecular flexibility index (Phi) is 4.72. The normalized spacial score (nSPS) is 23.2. The molecule has 1 aromatic carbocycles. The molecule has 1 aromatic rings. The van der Waals surface area contributed by atoms with Gasteiger partial charge in [0.05, 0.1) is 0 Å². The van der Waals surface area contributed by atoms with Crippen LogP contribution in [-0.2, 0) is 0 Å². The predicted octanol–water partition coefficient (Wildman–Crippen LogP) is 3.12. The average Bonchev–Trinajstić information content (AvgIpc) is 2.49. The van der Waals surface area contributed by atoms with Crippen molar-refractivity contribution in [3.05, 3.63) is 29.3 Å². The van der Waals surface area contributed by atoms with Gasteiger partial charge in [-0.2, -0.15) is 0 Å². The van der Waals surface area contributed by atoms with Crippen LogP contribution in [0.3, 0.4) is 0 Å². The molecule has 0 radical (unpaired) electrons. The maximum Gasteiger partial charge on any atom is 0.0407 e. The Morgan fingerprint density at radius 3 is 2.19 bits per heavy atom. The monoisotopic (exact) mass is 307 g/mol. The van der Waals surface area contributed by atoms with Crippen molar-refractivity contribution in [1.82, 2.24) is 4.90 Å². The van der Waals surface area contributed by atoms with Crippen molar-refractivity contribution < 1.29 is 0 Å². The number of nitrogens with zero attached hydrogens (tertiary/aromatic N) is 2. The molecule has 0 unspecified atom stereocenters. The third kappa shape index (κ3) is 3.91.